The van der Waals surface area contributed by atoms with Crippen LogP contribution in [0.3, 0.4) is 0 Å². The summed E-state index contributed by atoms with van der Waals surface area (Å²) in [6, 6.07) is 0. The normalized spacial score (nSPS) is 17.3. The molecule has 0 atom stereocenters. The van der Waals surface area contributed by atoms with Crippen molar-refractivity contribution < 1.29 is 0 Å². The first-order valence-electron chi connectivity index (χ1n) is 3.01. The molecule has 0 aliphatic carbocycles. The van der Waals surface area contributed by atoms with Crippen LogP contribution in [-0.4, -0.2) is 17.6 Å². The third-order valence-corrected chi connectivity index (χ3v) is 1.06. The van der Waals surface area contributed by atoms with Gasteiger partial charge in [-0.25, -0.2) is 10.0 Å². The van der Waals surface area contributed by atoms with E-state index in [0.717, 1.165) is 5.70 Å². The molecular formula is C7H9N3. The Labute approximate surface area is 60.1 Å². The van der Waals surface area contributed by atoms with Crippen molar-refractivity contribution in [2.24, 2.45) is 10.1 Å². The minimum atomic E-state index is 0.827. The summed E-state index contributed by atoms with van der Waals surface area (Å²) < 4.78 is 0. The van der Waals surface area contributed by atoms with Gasteiger partial charge in [0.25, 0.3) is 0 Å². The predicted octanol–water partition coefficient (Wildman–Crippen LogP) is 1.36. The number of hydrogen-bond donors (Lipinski definition) is 0. The lowest BCUT2D eigenvalue weighted by molar-refractivity contribution is 0.585. The number of hydrazone groups is 1. The number of aliphatic imine (C=N–C) groups is 1. The molecule has 1 heterocycles. The fraction of sp³-hybridized carbons (Fsp3) is 0.143. The van der Waals surface area contributed by atoms with Crippen LogP contribution in [0.4, 0.5) is 0 Å². The Morgan fingerprint density at radius 3 is 3.20 bits per heavy atom. The summed E-state index contributed by atoms with van der Waals surface area (Å²) in [7, 11) is 0. The predicted molar refractivity (Wildman–Crippen MR) is 42.8 cm³/mol. The fourth-order valence-electron chi connectivity index (χ4n) is 0.610. The maximum absolute atomic E-state index is 3.97. The molecule has 0 bridgehead atoms. The van der Waals surface area contributed by atoms with Crippen LogP contribution < -0.4 is 0 Å². The minimum Gasteiger partial charge on any atom is -0.245 e. The fourth-order valence-corrected chi connectivity index (χ4v) is 0.610. The molecule has 0 fully saturated rings. The molecule has 0 unspecified atom stereocenters. The van der Waals surface area contributed by atoms with Gasteiger partial charge in [0.2, 0.25) is 0 Å². The number of hydrogen-bond acceptors (Lipinski definition) is 3. The van der Waals surface area contributed by atoms with Gasteiger partial charge in [0.1, 0.15) is 6.34 Å². The Balaban J connectivity index is 2.70. The van der Waals surface area contributed by atoms with Crippen LogP contribution in [0.1, 0.15) is 6.92 Å². The van der Waals surface area contributed by atoms with Crippen molar-refractivity contribution >= 4 is 12.6 Å². The molecule has 0 radical (unpaired) electrons. The molecule has 0 N–H and O–H groups in total. The van der Waals surface area contributed by atoms with Gasteiger partial charge in [-0.2, -0.15) is 5.10 Å². The van der Waals surface area contributed by atoms with Gasteiger partial charge in [0.05, 0.1) is 5.70 Å². The standard InChI is InChI=1S/C7H9N3/c1-3-9-10-6-8-5-4-7(10)2/h3-6H,2H2,1H3/b9-3-. The first kappa shape index (κ1) is 6.74. The summed E-state index contributed by atoms with van der Waals surface area (Å²) in [4.78, 5) is 3.87. The smallest absolute Gasteiger partial charge is 0.117 e. The van der Waals surface area contributed by atoms with Crippen molar-refractivity contribution in [3.8, 4) is 0 Å². The molecule has 0 aromatic rings. The number of rotatable bonds is 1. The number of allylic oxidation sites excluding steroid dienone is 1. The van der Waals surface area contributed by atoms with Crippen molar-refractivity contribution in [3.05, 3.63) is 24.6 Å². The molecule has 0 spiro atoms. The van der Waals surface area contributed by atoms with E-state index in [1.807, 2.05) is 6.92 Å². The average Bonchev–Trinajstić information content (AvgIpc) is 1.94. The molecule has 0 saturated heterocycles. The van der Waals surface area contributed by atoms with Crippen molar-refractivity contribution in [1.82, 2.24) is 5.01 Å². The lowest BCUT2D eigenvalue weighted by Gasteiger charge is -2.14. The van der Waals surface area contributed by atoms with Crippen LogP contribution >= 0.6 is 0 Å². The van der Waals surface area contributed by atoms with E-state index < -0.39 is 0 Å². The van der Waals surface area contributed by atoms with Gasteiger partial charge in [-0.15, -0.1) is 0 Å². The summed E-state index contributed by atoms with van der Waals surface area (Å²) >= 11 is 0. The van der Waals surface area contributed by atoms with E-state index >= 15 is 0 Å². The molecule has 0 amide bonds. The van der Waals surface area contributed by atoms with Gasteiger partial charge in [-0.05, 0) is 13.0 Å². The molecule has 1 aliphatic heterocycles. The average molecular weight is 135 g/mol. The lowest BCUT2D eigenvalue weighted by atomic mass is 10.4. The first-order valence-corrected chi connectivity index (χ1v) is 3.01. The van der Waals surface area contributed by atoms with E-state index in [2.05, 4.69) is 16.7 Å². The monoisotopic (exact) mass is 135 g/mol. The van der Waals surface area contributed by atoms with Crippen LogP contribution in [0.25, 0.3) is 0 Å². The van der Waals surface area contributed by atoms with Gasteiger partial charge < -0.3 is 0 Å². The minimum absolute atomic E-state index is 0.827. The van der Waals surface area contributed by atoms with Gasteiger partial charge in [-0.3, -0.25) is 0 Å². The Morgan fingerprint density at radius 2 is 2.60 bits per heavy atom. The summed E-state index contributed by atoms with van der Waals surface area (Å²) in [5.41, 5.74) is 0.827. The topological polar surface area (TPSA) is 28.0 Å². The molecule has 0 saturated carbocycles. The zero-order valence-corrected chi connectivity index (χ0v) is 5.86. The van der Waals surface area contributed by atoms with E-state index in [0.29, 0.717) is 0 Å². The maximum atomic E-state index is 3.97. The zero-order chi connectivity index (χ0) is 7.40. The molecular weight excluding hydrogens is 126 g/mol. The SMILES string of the molecule is C=C1C=CN=CN1/N=C\C. The van der Waals surface area contributed by atoms with E-state index in [9.17, 15) is 0 Å². The van der Waals surface area contributed by atoms with Gasteiger partial charge in [0, 0.05) is 12.4 Å². The third-order valence-electron chi connectivity index (χ3n) is 1.06. The first-order chi connectivity index (χ1) is 4.84. The van der Waals surface area contributed by atoms with Crippen LogP contribution in [0, 0.1) is 0 Å². The van der Waals surface area contributed by atoms with Crippen LogP contribution in [0.5, 0.6) is 0 Å². The van der Waals surface area contributed by atoms with E-state index in [-0.39, 0.29) is 0 Å². The van der Waals surface area contributed by atoms with Crippen LogP contribution in [0.2, 0.25) is 0 Å². The van der Waals surface area contributed by atoms with Crippen molar-refractivity contribution in [1.29, 1.82) is 0 Å². The largest absolute Gasteiger partial charge is 0.245 e. The van der Waals surface area contributed by atoms with Crippen molar-refractivity contribution in [2.45, 2.75) is 6.92 Å². The van der Waals surface area contributed by atoms with E-state index in [4.69, 9.17) is 0 Å². The third kappa shape index (κ3) is 1.31. The quantitative estimate of drug-likeness (QED) is 0.499. The lowest BCUT2D eigenvalue weighted by Crippen LogP contribution is -2.14. The zero-order valence-electron chi connectivity index (χ0n) is 5.86. The Kier molecular flexibility index (Phi) is 1.99. The van der Waals surface area contributed by atoms with Gasteiger partial charge >= 0.3 is 0 Å². The Morgan fingerprint density at radius 1 is 1.80 bits per heavy atom. The van der Waals surface area contributed by atoms with Crippen molar-refractivity contribution in [2.75, 3.05) is 0 Å². The molecule has 1 rings (SSSR count). The van der Waals surface area contributed by atoms with Gasteiger partial charge in [-0.1, -0.05) is 6.58 Å². The number of nitrogens with zero attached hydrogens (tertiary/aromatic N) is 3. The van der Waals surface area contributed by atoms with E-state index in [1.165, 1.54) is 0 Å². The van der Waals surface area contributed by atoms with Crippen LogP contribution in [-0.2, 0) is 0 Å². The van der Waals surface area contributed by atoms with Crippen molar-refractivity contribution in [3.63, 3.8) is 0 Å². The van der Waals surface area contributed by atoms with Crippen LogP contribution in [0.15, 0.2) is 34.6 Å². The molecule has 52 valence electrons. The molecule has 0 aromatic carbocycles. The summed E-state index contributed by atoms with van der Waals surface area (Å²) in [5.74, 6) is 0. The summed E-state index contributed by atoms with van der Waals surface area (Å²) in [6.45, 7) is 5.60. The second-order valence-corrected chi connectivity index (χ2v) is 1.79. The molecule has 3 heteroatoms. The summed E-state index contributed by atoms with van der Waals surface area (Å²) in [5, 5.41) is 5.58. The van der Waals surface area contributed by atoms with Gasteiger partial charge in [0.15, 0.2) is 0 Å². The Bertz CT molecular complexity index is 213. The highest BCUT2D eigenvalue weighted by atomic mass is 15.5. The second kappa shape index (κ2) is 2.96. The highest BCUT2D eigenvalue weighted by Gasteiger charge is 1.99. The highest BCUT2D eigenvalue weighted by molar-refractivity contribution is 5.64. The highest BCUT2D eigenvalue weighted by Crippen LogP contribution is 2.05. The molecule has 10 heavy (non-hydrogen) atoms. The summed E-state index contributed by atoms with van der Waals surface area (Å²) in [6.07, 6.45) is 6.79. The van der Waals surface area contributed by atoms with E-state index in [1.54, 1.807) is 29.8 Å². The second-order valence-electron chi connectivity index (χ2n) is 1.79. The Hall–Kier alpha value is -1.38. The molecule has 3 nitrogen and oxygen atoms in total. The maximum Gasteiger partial charge on any atom is 0.117 e. The molecule has 1 aliphatic rings. The molecule has 0 aromatic heterocycles.